The standard InChI is InChI=1S/C18H19N3O4S/c1-4-12(18(22)23)21-16-15-11(8-26-17(15)20-9-19-16)10-5-6-13(24-2)14(7-10)25-3/h5-9,12H,4H2,1-3H3,(H,22,23)(H,19,20,21). The van der Waals surface area contributed by atoms with E-state index in [2.05, 4.69) is 15.3 Å². The molecule has 2 heterocycles. The van der Waals surface area contributed by atoms with Crippen molar-refractivity contribution >= 4 is 33.3 Å². The molecule has 1 atom stereocenters. The third kappa shape index (κ3) is 3.28. The summed E-state index contributed by atoms with van der Waals surface area (Å²) >= 11 is 1.48. The number of anilines is 1. The second kappa shape index (κ2) is 7.57. The van der Waals surface area contributed by atoms with Crippen LogP contribution in [0.2, 0.25) is 0 Å². The van der Waals surface area contributed by atoms with Gasteiger partial charge in [-0.05, 0) is 24.1 Å². The van der Waals surface area contributed by atoms with Gasteiger partial charge in [0.15, 0.2) is 11.5 Å². The van der Waals surface area contributed by atoms with Crippen LogP contribution in [0.1, 0.15) is 13.3 Å². The Kier molecular flexibility index (Phi) is 5.22. The van der Waals surface area contributed by atoms with Crippen LogP contribution >= 0.6 is 11.3 Å². The van der Waals surface area contributed by atoms with Gasteiger partial charge in [0.1, 0.15) is 23.0 Å². The van der Waals surface area contributed by atoms with Crippen molar-refractivity contribution in [3.8, 4) is 22.6 Å². The summed E-state index contributed by atoms with van der Waals surface area (Å²) in [6, 6.07) is 4.92. The average molecular weight is 373 g/mol. The number of hydrogen-bond acceptors (Lipinski definition) is 7. The Morgan fingerprint density at radius 1 is 1.27 bits per heavy atom. The van der Waals surface area contributed by atoms with Crippen molar-refractivity contribution in [3.63, 3.8) is 0 Å². The fourth-order valence-corrected chi connectivity index (χ4v) is 3.62. The zero-order valence-corrected chi connectivity index (χ0v) is 15.5. The van der Waals surface area contributed by atoms with Gasteiger partial charge in [0.25, 0.3) is 0 Å². The molecule has 2 N–H and O–H groups in total. The van der Waals surface area contributed by atoms with E-state index in [0.29, 0.717) is 23.7 Å². The highest BCUT2D eigenvalue weighted by atomic mass is 32.1. The zero-order chi connectivity index (χ0) is 18.7. The number of ether oxygens (including phenoxy) is 2. The van der Waals surface area contributed by atoms with Gasteiger partial charge >= 0.3 is 5.97 Å². The Balaban J connectivity index is 2.12. The number of hydrogen-bond donors (Lipinski definition) is 2. The van der Waals surface area contributed by atoms with Crippen molar-refractivity contribution in [2.75, 3.05) is 19.5 Å². The molecule has 0 fully saturated rings. The van der Waals surface area contributed by atoms with Crippen molar-refractivity contribution in [1.82, 2.24) is 9.97 Å². The maximum absolute atomic E-state index is 11.4. The van der Waals surface area contributed by atoms with Crippen LogP contribution < -0.4 is 14.8 Å². The third-order valence-electron chi connectivity index (χ3n) is 4.08. The van der Waals surface area contributed by atoms with E-state index < -0.39 is 12.0 Å². The lowest BCUT2D eigenvalue weighted by molar-refractivity contribution is -0.137. The summed E-state index contributed by atoms with van der Waals surface area (Å²) in [5.41, 5.74) is 1.82. The van der Waals surface area contributed by atoms with Crippen LogP contribution in [-0.4, -0.2) is 41.3 Å². The van der Waals surface area contributed by atoms with E-state index >= 15 is 0 Å². The first-order valence-corrected chi connectivity index (χ1v) is 8.90. The predicted molar refractivity (Wildman–Crippen MR) is 101 cm³/mol. The lowest BCUT2D eigenvalue weighted by atomic mass is 10.0. The number of thiophene rings is 1. The van der Waals surface area contributed by atoms with Crippen LogP contribution in [0.5, 0.6) is 11.5 Å². The lowest BCUT2D eigenvalue weighted by Gasteiger charge is -2.14. The number of nitrogens with one attached hydrogen (secondary N) is 1. The molecule has 1 aromatic carbocycles. The lowest BCUT2D eigenvalue weighted by Crippen LogP contribution is -2.28. The molecule has 0 saturated heterocycles. The smallest absolute Gasteiger partial charge is 0.326 e. The average Bonchev–Trinajstić information content (AvgIpc) is 3.10. The fraction of sp³-hybridized carbons (Fsp3) is 0.278. The van der Waals surface area contributed by atoms with E-state index in [4.69, 9.17) is 9.47 Å². The molecule has 1 unspecified atom stereocenters. The number of aromatic nitrogens is 2. The summed E-state index contributed by atoms with van der Waals surface area (Å²) in [5, 5.41) is 15.1. The molecule has 26 heavy (non-hydrogen) atoms. The summed E-state index contributed by atoms with van der Waals surface area (Å²) in [5.74, 6) is 0.854. The summed E-state index contributed by atoms with van der Waals surface area (Å²) in [7, 11) is 3.17. The highest BCUT2D eigenvalue weighted by Gasteiger charge is 2.20. The van der Waals surface area contributed by atoms with Gasteiger partial charge in [-0.1, -0.05) is 13.0 Å². The molecule has 0 aliphatic rings. The first-order valence-electron chi connectivity index (χ1n) is 8.03. The molecule has 0 aliphatic heterocycles. The molecule has 3 rings (SSSR count). The SMILES string of the molecule is CCC(Nc1ncnc2scc(-c3ccc(OC)c(OC)c3)c12)C(=O)O. The zero-order valence-electron chi connectivity index (χ0n) is 14.6. The summed E-state index contributed by atoms with van der Waals surface area (Å²) in [4.78, 5) is 20.8. The van der Waals surface area contributed by atoms with Gasteiger partial charge in [0.2, 0.25) is 0 Å². The number of nitrogens with zero attached hydrogens (tertiary/aromatic N) is 2. The number of carboxylic acid groups (broad SMARTS) is 1. The molecule has 8 heteroatoms. The molecule has 0 spiro atoms. The minimum atomic E-state index is -0.915. The Morgan fingerprint density at radius 3 is 2.69 bits per heavy atom. The Bertz CT molecular complexity index is 941. The highest BCUT2D eigenvalue weighted by molar-refractivity contribution is 7.17. The van der Waals surface area contributed by atoms with Crippen molar-refractivity contribution in [1.29, 1.82) is 0 Å². The van der Waals surface area contributed by atoms with Crippen molar-refractivity contribution in [3.05, 3.63) is 29.9 Å². The highest BCUT2D eigenvalue weighted by Crippen LogP contribution is 2.39. The van der Waals surface area contributed by atoms with Crippen LogP contribution in [0.25, 0.3) is 21.3 Å². The molecule has 0 radical (unpaired) electrons. The van der Waals surface area contributed by atoms with E-state index in [1.165, 1.54) is 17.7 Å². The number of carboxylic acids is 1. The summed E-state index contributed by atoms with van der Waals surface area (Å²) < 4.78 is 10.7. The number of benzene rings is 1. The molecule has 0 aliphatic carbocycles. The van der Waals surface area contributed by atoms with E-state index in [9.17, 15) is 9.90 Å². The fourth-order valence-electron chi connectivity index (χ4n) is 2.70. The normalized spacial score (nSPS) is 12.0. The Labute approximate surface area is 154 Å². The molecular formula is C18H19N3O4S. The summed E-state index contributed by atoms with van der Waals surface area (Å²) in [6.07, 6.45) is 1.88. The van der Waals surface area contributed by atoms with E-state index in [1.54, 1.807) is 14.2 Å². The van der Waals surface area contributed by atoms with Crippen LogP contribution in [0, 0.1) is 0 Å². The monoisotopic (exact) mass is 373 g/mol. The van der Waals surface area contributed by atoms with Gasteiger partial charge in [0.05, 0.1) is 19.6 Å². The molecule has 0 saturated carbocycles. The van der Waals surface area contributed by atoms with Crippen LogP contribution in [0.4, 0.5) is 5.82 Å². The predicted octanol–water partition coefficient (Wildman–Crippen LogP) is 3.65. The van der Waals surface area contributed by atoms with Gasteiger partial charge in [-0.25, -0.2) is 14.8 Å². The largest absolute Gasteiger partial charge is 0.493 e. The number of methoxy groups -OCH3 is 2. The van der Waals surface area contributed by atoms with Crippen molar-refractivity contribution in [2.24, 2.45) is 0 Å². The van der Waals surface area contributed by atoms with Gasteiger partial charge in [-0.2, -0.15) is 0 Å². The first kappa shape index (κ1) is 17.9. The van der Waals surface area contributed by atoms with Crippen LogP contribution in [0.3, 0.4) is 0 Å². The van der Waals surface area contributed by atoms with Gasteiger partial charge in [0, 0.05) is 10.9 Å². The van der Waals surface area contributed by atoms with Crippen molar-refractivity contribution in [2.45, 2.75) is 19.4 Å². The Hall–Kier alpha value is -2.87. The maximum Gasteiger partial charge on any atom is 0.326 e. The van der Waals surface area contributed by atoms with Crippen LogP contribution in [-0.2, 0) is 4.79 Å². The molecule has 0 amide bonds. The minimum absolute atomic E-state index is 0.441. The van der Waals surface area contributed by atoms with Crippen molar-refractivity contribution < 1.29 is 19.4 Å². The summed E-state index contributed by atoms with van der Waals surface area (Å²) in [6.45, 7) is 1.81. The molecule has 3 aromatic rings. The van der Waals surface area contributed by atoms with Gasteiger partial charge < -0.3 is 19.9 Å². The minimum Gasteiger partial charge on any atom is -0.493 e. The second-order valence-electron chi connectivity index (χ2n) is 5.56. The Morgan fingerprint density at radius 2 is 2.04 bits per heavy atom. The quantitative estimate of drug-likeness (QED) is 0.653. The van der Waals surface area contributed by atoms with Gasteiger partial charge in [-0.15, -0.1) is 11.3 Å². The molecule has 7 nitrogen and oxygen atoms in total. The molecule has 2 aromatic heterocycles. The number of fused-ring (bicyclic) bond motifs is 1. The van der Waals surface area contributed by atoms with E-state index in [-0.39, 0.29) is 0 Å². The van der Waals surface area contributed by atoms with E-state index in [1.807, 2.05) is 30.5 Å². The maximum atomic E-state index is 11.4. The first-order chi connectivity index (χ1) is 12.6. The van der Waals surface area contributed by atoms with Crippen LogP contribution in [0.15, 0.2) is 29.9 Å². The van der Waals surface area contributed by atoms with E-state index in [0.717, 1.165) is 21.3 Å². The second-order valence-corrected chi connectivity index (χ2v) is 6.42. The molecule has 0 bridgehead atoms. The molecule has 136 valence electrons. The number of rotatable bonds is 7. The van der Waals surface area contributed by atoms with Gasteiger partial charge in [-0.3, -0.25) is 0 Å². The molecular weight excluding hydrogens is 354 g/mol. The number of aliphatic carboxylic acids is 1. The number of carbonyl (C=O) groups is 1. The topological polar surface area (TPSA) is 93.6 Å². The third-order valence-corrected chi connectivity index (χ3v) is 4.97.